The van der Waals surface area contributed by atoms with Gasteiger partial charge in [-0.3, -0.25) is 4.79 Å². The SMILES string of the molecule is O=C(NCCSc1c[nH]c2ccccc12)c1cc(Br)ccc1Cl. The molecule has 3 rings (SSSR count). The van der Waals surface area contributed by atoms with Crippen molar-refractivity contribution < 1.29 is 4.79 Å². The highest BCUT2D eigenvalue weighted by Gasteiger charge is 2.10. The van der Waals surface area contributed by atoms with E-state index in [4.69, 9.17) is 11.6 Å². The lowest BCUT2D eigenvalue weighted by molar-refractivity contribution is 0.0956. The molecule has 0 fully saturated rings. The summed E-state index contributed by atoms with van der Waals surface area (Å²) in [6, 6.07) is 13.4. The van der Waals surface area contributed by atoms with Crippen LogP contribution in [0.2, 0.25) is 5.02 Å². The van der Waals surface area contributed by atoms with Crippen molar-refractivity contribution in [3.63, 3.8) is 0 Å². The molecule has 0 aliphatic rings. The zero-order valence-electron chi connectivity index (χ0n) is 12.1. The van der Waals surface area contributed by atoms with E-state index in [0.29, 0.717) is 17.1 Å². The fraction of sp³-hybridized carbons (Fsp3) is 0.118. The summed E-state index contributed by atoms with van der Waals surface area (Å²) in [6.45, 7) is 0.575. The van der Waals surface area contributed by atoms with E-state index in [0.717, 1.165) is 15.7 Å². The molecular weight excluding hydrogens is 396 g/mol. The molecule has 0 saturated heterocycles. The fourth-order valence-electron chi connectivity index (χ4n) is 2.26. The van der Waals surface area contributed by atoms with Gasteiger partial charge in [-0.15, -0.1) is 11.8 Å². The summed E-state index contributed by atoms with van der Waals surface area (Å²) in [7, 11) is 0. The molecule has 6 heteroatoms. The predicted molar refractivity (Wildman–Crippen MR) is 101 cm³/mol. The van der Waals surface area contributed by atoms with E-state index < -0.39 is 0 Å². The zero-order chi connectivity index (χ0) is 16.2. The average molecular weight is 410 g/mol. The van der Waals surface area contributed by atoms with Crippen molar-refractivity contribution in [3.8, 4) is 0 Å². The van der Waals surface area contributed by atoms with Gasteiger partial charge < -0.3 is 10.3 Å². The van der Waals surface area contributed by atoms with Crippen LogP contribution in [0.25, 0.3) is 10.9 Å². The van der Waals surface area contributed by atoms with Gasteiger partial charge in [-0.25, -0.2) is 0 Å². The lowest BCUT2D eigenvalue weighted by atomic mass is 10.2. The minimum absolute atomic E-state index is 0.157. The van der Waals surface area contributed by atoms with Gasteiger partial charge in [0, 0.05) is 38.8 Å². The number of aromatic nitrogens is 1. The van der Waals surface area contributed by atoms with E-state index in [9.17, 15) is 4.79 Å². The first-order chi connectivity index (χ1) is 11.1. The van der Waals surface area contributed by atoms with Crippen LogP contribution in [0.5, 0.6) is 0 Å². The number of carbonyl (C=O) groups excluding carboxylic acids is 1. The topological polar surface area (TPSA) is 44.9 Å². The standard InChI is InChI=1S/C17H14BrClN2OS/c18-11-5-6-14(19)13(9-11)17(22)20-7-8-23-16-10-21-15-4-2-1-3-12(15)16/h1-6,9-10,21H,7-8H2,(H,20,22). The van der Waals surface area contributed by atoms with Crippen LogP contribution in [-0.2, 0) is 0 Å². The Labute approximate surface area is 151 Å². The Bertz CT molecular complexity index is 849. The second-order valence-electron chi connectivity index (χ2n) is 4.93. The average Bonchev–Trinajstić information content (AvgIpc) is 2.97. The summed E-state index contributed by atoms with van der Waals surface area (Å²) in [4.78, 5) is 16.6. The monoisotopic (exact) mass is 408 g/mol. The Morgan fingerprint density at radius 3 is 2.96 bits per heavy atom. The van der Waals surface area contributed by atoms with Crippen LogP contribution < -0.4 is 5.32 Å². The summed E-state index contributed by atoms with van der Waals surface area (Å²) >= 11 is 11.1. The number of para-hydroxylation sites is 1. The summed E-state index contributed by atoms with van der Waals surface area (Å²) in [5, 5.41) is 4.56. The third kappa shape index (κ3) is 3.91. The lowest BCUT2D eigenvalue weighted by Crippen LogP contribution is -2.26. The highest BCUT2D eigenvalue weighted by Crippen LogP contribution is 2.27. The van der Waals surface area contributed by atoms with Crippen LogP contribution in [0, 0.1) is 0 Å². The molecule has 2 N–H and O–H groups in total. The molecule has 0 radical (unpaired) electrons. The number of rotatable bonds is 5. The highest BCUT2D eigenvalue weighted by molar-refractivity contribution is 9.10. The molecule has 0 bridgehead atoms. The van der Waals surface area contributed by atoms with E-state index in [1.54, 1.807) is 23.9 Å². The zero-order valence-corrected chi connectivity index (χ0v) is 15.3. The molecule has 1 amide bonds. The van der Waals surface area contributed by atoms with E-state index >= 15 is 0 Å². The van der Waals surface area contributed by atoms with Gasteiger partial charge in [-0.1, -0.05) is 45.7 Å². The van der Waals surface area contributed by atoms with E-state index in [1.807, 2.05) is 24.4 Å². The molecular formula is C17H14BrClN2OS. The van der Waals surface area contributed by atoms with E-state index in [-0.39, 0.29) is 5.91 Å². The van der Waals surface area contributed by atoms with Crippen LogP contribution in [0.1, 0.15) is 10.4 Å². The predicted octanol–water partition coefficient (Wildman–Crippen LogP) is 5.11. The number of halogens is 2. The maximum absolute atomic E-state index is 12.2. The van der Waals surface area contributed by atoms with Gasteiger partial charge in [-0.2, -0.15) is 0 Å². The van der Waals surface area contributed by atoms with Crippen LogP contribution in [0.15, 0.2) is 58.0 Å². The largest absolute Gasteiger partial charge is 0.360 e. The lowest BCUT2D eigenvalue weighted by Gasteiger charge is -2.07. The van der Waals surface area contributed by atoms with E-state index in [1.165, 1.54) is 10.3 Å². The van der Waals surface area contributed by atoms with Gasteiger partial charge >= 0.3 is 0 Å². The van der Waals surface area contributed by atoms with Crippen LogP contribution in [0.3, 0.4) is 0 Å². The number of aromatic amines is 1. The van der Waals surface area contributed by atoms with Crippen molar-refractivity contribution in [2.75, 3.05) is 12.3 Å². The molecule has 0 atom stereocenters. The molecule has 2 aromatic carbocycles. The molecule has 1 heterocycles. The maximum atomic E-state index is 12.2. The summed E-state index contributed by atoms with van der Waals surface area (Å²) in [5.41, 5.74) is 1.61. The Morgan fingerprint density at radius 2 is 2.09 bits per heavy atom. The van der Waals surface area contributed by atoms with Gasteiger partial charge in [0.25, 0.3) is 5.91 Å². The van der Waals surface area contributed by atoms with Crippen molar-refractivity contribution >= 4 is 56.1 Å². The molecule has 3 aromatic rings. The third-order valence-corrected chi connectivity index (χ3v) is 5.25. The Morgan fingerprint density at radius 1 is 1.26 bits per heavy atom. The van der Waals surface area contributed by atoms with Gasteiger partial charge in [0.15, 0.2) is 0 Å². The smallest absolute Gasteiger partial charge is 0.252 e. The van der Waals surface area contributed by atoms with Crippen molar-refractivity contribution in [1.29, 1.82) is 0 Å². The minimum atomic E-state index is -0.157. The van der Waals surface area contributed by atoms with Crippen molar-refractivity contribution in [2.45, 2.75) is 4.90 Å². The fourth-order valence-corrected chi connectivity index (χ4v) is 3.72. The number of nitrogens with one attached hydrogen (secondary N) is 2. The number of benzene rings is 2. The molecule has 3 nitrogen and oxygen atoms in total. The van der Waals surface area contributed by atoms with Gasteiger partial charge in [0.05, 0.1) is 10.6 Å². The second-order valence-corrected chi connectivity index (χ2v) is 7.39. The summed E-state index contributed by atoms with van der Waals surface area (Å²) in [5.74, 6) is 0.634. The van der Waals surface area contributed by atoms with Gasteiger partial charge in [0.1, 0.15) is 0 Å². The Hall–Kier alpha value is -1.43. The van der Waals surface area contributed by atoms with Crippen LogP contribution >= 0.6 is 39.3 Å². The van der Waals surface area contributed by atoms with Gasteiger partial charge in [0.2, 0.25) is 0 Å². The normalized spacial score (nSPS) is 10.9. The van der Waals surface area contributed by atoms with Crippen LogP contribution in [0.4, 0.5) is 0 Å². The number of H-pyrrole nitrogens is 1. The molecule has 0 aliphatic heterocycles. The van der Waals surface area contributed by atoms with Gasteiger partial charge in [-0.05, 0) is 24.3 Å². The number of hydrogen-bond donors (Lipinski definition) is 2. The highest BCUT2D eigenvalue weighted by atomic mass is 79.9. The van der Waals surface area contributed by atoms with Crippen molar-refractivity contribution in [2.24, 2.45) is 0 Å². The number of fused-ring (bicyclic) bond motifs is 1. The summed E-state index contributed by atoms with van der Waals surface area (Å²) in [6.07, 6.45) is 2.00. The third-order valence-electron chi connectivity index (χ3n) is 3.37. The number of thioether (sulfide) groups is 1. The molecule has 0 aliphatic carbocycles. The molecule has 23 heavy (non-hydrogen) atoms. The van der Waals surface area contributed by atoms with E-state index in [2.05, 4.69) is 38.4 Å². The summed E-state index contributed by atoms with van der Waals surface area (Å²) < 4.78 is 0.834. The Kier molecular flexibility index (Phi) is 5.30. The van der Waals surface area contributed by atoms with Crippen LogP contribution in [-0.4, -0.2) is 23.2 Å². The molecule has 0 unspecified atom stereocenters. The molecule has 118 valence electrons. The number of carbonyl (C=O) groups is 1. The quantitative estimate of drug-likeness (QED) is 0.454. The first-order valence-corrected chi connectivity index (χ1v) is 9.23. The first kappa shape index (κ1) is 16.4. The van der Waals surface area contributed by atoms with Crippen molar-refractivity contribution in [3.05, 3.63) is 63.7 Å². The molecule has 0 spiro atoms. The molecule has 1 aromatic heterocycles. The maximum Gasteiger partial charge on any atom is 0.252 e. The number of hydrogen-bond acceptors (Lipinski definition) is 2. The molecule has 0 saturated carbocycles. The second kappa shape index (κ2) is 7.43. The minimum Gasteiger partial charge on any atom is -0.360 e. The number of amides is 1. The van der Waals surface area contributed by atoms with Crippen molar-refractivity contribution in [1.82, 2.24) is 10.3 Å². The Balaban J connectivity index is 1.55. The first-order valence-electron chi connectivity index (χ1n) is 7.07.